The lowest BCUT2D eigenvalue weighted by Crippen LogP contribution is -2.27. The van der Waals surface area contributed by atoms with Crippen LogP contribution in [0.2, 0.25) is 0 Å². The van der Waals surface area contributed by atoms with Crippen molar-refractivity contribution < 1.29 is 0 Å². The molecule has 0 aromatic carbocycles. The van der Waals surface area contributed by atoms with Gasteiger partial charge in [-0.05, 0) is 25.5 Å². The van der Waals surface area contributed by atoms with Crippen molar-refractivity contribution in [3.05, 3.63) is 22.2 Å². The zero-order chi connectivity index (χ0) is 12.3. The SMILES string of the molecule is CCSC1CCCC1Nc1cc(=O)[nH]c(C)n1. The highest BCUT2D eigenvalue weighted by Crippen LogP contribution is 2.31. The Hall–Kier alpha value is -0.970. The Morgan fingerprint density at radius 2 is 2.41 bits per heavy atom. The van der Waals surface area contributed by atoms with Gasteiger partial charge >= 0.3 is 0 Å². The summed E-state index contributed by atoms with van der Waals surface area (Å²) in [6.07, 6.45) is 3.70. The van der Waals surface area contributed by atoms with Crippen molar-refractivity contribution in [1.29, 1.82) is 0 Å². The van der Waals surface area contributed by atoms with E-state index < -0.39 is 0 Å². The minimum atomic E-state index is -0.0855. The Morgan fingerprint density at radius 3 is 3.12 bits per heavy atom. The predicted molar refractivity (Wildman–Crippen MR) is 72.8 cm³/mol. The Labute approximate surface area is 106 Å². The van der Waals surface area contributed by atoms with Crippen molar-refractivity contribution in [1.82, 2.24) is 9.97 Å². The number of aromatic amines is 1. The number of rotatable bonds is 4. The van der Waals surface area contributed by atoms with Gasteiger partial charge in [-0.1, -0.05) is 13.3 Å². The van der Waals surface area contributed by atoms with Crippen molar-refractivity contribution in [2.24, 2.45) is 0 Å². The largest absolute Gasteiger partial charge is 0.366 e. The maximum Gasteiger partial charge on any atom is 0.252 e. The van der Waals surface area contributed by atoms with Crippen LogP contribution in [0, 0.1) is 6.92 Å². The summed E-state index contributed by atoms with van der Waals surface area (Å²) in [5.74, 6) is 2.52. The molecule has 0 bridgehead atoms. The molecule has 0 spiro atoms. The summed E-state index contributed by atoms with van der Waals surface area (Å²) in [7, 11) is 0. The average molecular weight is 253 g/mol. The minimum absolute atomic E-state index is 0.0855. The lowest BCUT2D eigenvalue weighted by atomic mass is 10.2. The molecule has 1 fully saturated rings. The standard InChI is InChI=1S/C12H19N3OS/c1-3-17-10-6-4-5-9(10)15-11-7-12(16)14-8(2)13-11/h7,9-10H,3-6H2,1-2H3,(H2,13,14,15,16). The molecular weight excluding hydrogens is 234 g/mol. The van der Waals surface area contributed by atoms with E-state index in [1.54, 1.807) is 13.0 Å². The molecule has 0 saturated heterocycles. The molecule has 1 heterocycles. The minimum Gasteiger partial charge on any atom is -0.366 e. The molecule has 1 aromatic heterocycles. The van der Waals surface area contributed by atoms with Gasteiger partial charge in [-0.25, -0.2) is 4.98 Å². The highest BCUT2D eigenvalue weighted by Gasteiger charge is 2.27. The van der Waals surface area contributed by atoms with Crippen molar-refractivity contribution in [2.75, 3.05) is 11.1 Å². The van der Waals surface area contributed by atoms with Crippen molar-refractivity contribution in [3.63, 3.8) is 0 Å². The van der Waals surface area contributed by atoms with Gasteiger partial charge in [0.2, 0.25) is 0 Å². The maximum absolute atomic E-state index is 11.4. The highest BCUT2D eigenvalue weighted by atomic mass is 32.2. The fourth-order valence-electron chi connectivity index (χ4n) is 2.35. The monoisotopic (exact) mass is 253 g/mol. The molecule has 4 nitrogen and oxygen atoms in total. The fourth-order valence-corrected chi connectivity index (χ4v) is 3.55. The van der Waals surface area contributed by atoms with Crippen LogP contribution >= 0.6 is 11.8 Å². The molecule has 94 valence electrons. The first-order valence-corrected chi connectivity index (χ1v) is 7.20. The van der Waals surface area contributed by atoms with Crippen LogP contribution in [0.5, 0.6) is 0 Å². The summed E-state index contributed by atoms with van der Waals surface area (Å²) < 4.78 is 0. The van der Waals surface area contributed by atoms with Crippen LogP contribution in [0.25, 0.3) is 0 Å². The van der Waals surface area contributed by atoms with E-state index in [4.69, 9.17) is 0 Å². The van der Waals surface area contributed by atoms with E-state index in [-0.39, 0.29) is 5.56 Å². The highest BCUT2D eigenvalue weighted by molar-refractivity contribution is 7.99. The van der Waals surface area contributed by atoms with Crippen LogP contribution in [0.15, 0.2) is 10.9 Å². The number of aromatic nitrogens is 2. The number of nitrogens with zero attached hydrogens (tertiary/aromatic N) is 1. The second-order valence-electron chi connectivity index (χ2n) is 4.39. The summed E-state index contributed by atoms with van der Waals surface area (Å²) in [6.45, 7) is 4.00. The smallest absolute Gasteiger partial charge is 0.252 e. The summed E-state index contributed by atoms with van der Waals surface area (Å²) in [6, 6.07) is 1.99. The molecule has 1 saturated carbocycles. The van der Waals surface area contributed by atoms with Crippen LogP contribution in [-0.2, 0) is 0 Å². The van der Waals surface area contributed by atoms with Gasteiger partial charge in [-0.2, -0.15) is 11.8 Å². The van der Waals surface area contributed by atoms with Gasteiger partial charge in [0.25, 0.3) is 5.56 Å². The van der Waals surface area contributed by atoms with Gasteiger partial charge in [-0.15, -0.1) is 0 Å². The fraction of sp³-hybridized carbons (Fsp3) is 0.667. The van der Waals surface area contributed by atoms with Crippen LogP contribution < -0.4 is 10.9 Å². The molecule has 1 aromatic rings. The number of thioether (sulfide) groups is 1. The number of nitrogens with one attached hydrogen (secondary N) is 2. The second kappa shape index (κ2) is 5.58. The first-order chi connectivity index (χ1) is 8.19. The molecule has 2 N–H and O–H groups in total. The van der Waals surface area contributed by atoms with Gasteiger partial charge in [0.1, 0.15) is 11.6 Å². The van der Waals surface area contributed by atoms with E-state index in [0.717, 1.165) is 5.75 Å². The van der Waals surface area contributed by atoms with E-state index >= 15 is 0 Å². The zero-order valence-electron chi connectivity index (χ0n) is 10.3. The summed E-state index contributed by atoms with van der Waals surface area (Å²) in [5.41, 5.74) is -0.0855. The van der Waals surface area contributed by atoms with Crippen LogP contribution in [-0.4, -0.2) is 27.0 Å². The molecule has 17 heavy (non-hydrogen) atoms. The van der Waals surface area contributed by atoms with E-state index in [0.29, 0.717) is 22.9 Å². The molecule has 5 heteroatoms. The quantitative estimate of drug-likeness (QED) is 0.863. The van der Waals surface area contributed by atoms with Gasteiger partial charge in [0, 0.05) is 17.4 Å². The van der Waals surface area contributed by atoms with E-state index in [2.05, 4.69) is 22.2 Å². The van der Waals surface area contributed by atoms with Gasteiger partial charge in [-0.3, -0.25) is 4.79 Å². The number of H-pyrrole nitrogens is 1. The summed E-state index contributed by atoms with van der Waals surface area (Å²) in [4.78, 5) is 18.3. The first kappa shape index (κ1) is 12.5. The third-order valence-electron chi connectivity index (χ3n) is 3.03. The maximum atomic E-state index is 11.4. The van der Waals surface area contributed by atoms with E-state index in [9.17, 15) is 4.79 Å². The third-order valence-corrected chi connectivity index (χ3v) is 4.35. The predicted octanol–water partition coefficient (Wildman–Crippen LogP) is 2.16. The van der Waals surface area contributed by atoms with Crippen molar-refractivity contribution in [2.45, 2.75) is 44.4 Å². The van der Waals surface area contributed by atoms with Crippen molar-refractivity contribution in [3.8, 4) is 0 Å². The topological polar surface area (TPSA) is 57.8 Å². The molecule has 1 aliphatic carbocycles. The second-order valence-corrected chi connectivity index (χ2v) is 5.91. The number of aryl methyl sites for hydroxylation is 1. The van der Waals surface area contributed by atoms with Gasteiger partial charge in [0.15, 0.2) is 0 Å². The summed E-state index contributed by atoms with van der Waals surface area (Å²) in [5, 5.41) is 4.06. The Bertz CT molecular complexity index is 432. The van der Waals surface area contributed by atoms with Gasteiger partial charge < -0.3 is 10.3 Å². The molecule has 2 unspecified atom stereocenters. The van der Waals surface area contributed by atoms with E-state index in [1.807, 2.05) is 11.8 Å². The molecule has 1 aliphatic rings. The van der Waals surface area contributed by atoms with Crippen LogP contribution in [0.4, 0.5) is 5.82 Å². The number of hydrogen-bond acceptors (Lipinski definition) is 4. The zero-order valence-corrected chi connectivity index (χ0v) is 11.1. The molecule has 0 aliphatic heterocycles. The van der Waals surface area contributed by atoms with Crippen molar-refractivity contribution >= 4 is 17.6 Å². The lowest BCUT2D eigenvalue weighted by molar-refractivity contribution is 0.759. The number of anilines is 1. The molecule has 2 rings (SSSR count). The lowest BCUT2D eigenvalue weighted by Gasteiger charge is -2.20. The van der Waals surface area contributed by atoms with E-state index in [1.165, 1.54) is 19.3 Å². The number of hydrogen-bond donors (Lipinski definition) is 2. The molecule has 0 amide bonds. The Kier molecular flexibility index (Phi) is 4.10. The third kappa shape index (κ3) is 3.25. The Morgan fingerprint density at radius 1 is 1.59 bits per heavy atom. The Balaban J connectivity index is 2.06. The first-order valence-electron chi connectivity index (χ1n) is 6.15. The molecule has 2 atom stereocenters. The average Bonchev–Trinajstić information content (AvgIpc) is 2.65. The molecular formula is C12H19N3OS. The summed E-state index contributed by atoms with van der Waals surface area (Å²) >= 11 is 2.00. The van der Waals surface area contributed by atoms with Crippen LogP contribution in [0.1, 0.15) is 32.0 Å². The normalized spacial score (nSPS) is 23.9. The van der Waals surface area contributed by atoms with Gasteiger partial charge in [0.05, 0.1) is 0 Å². The van der Waals surface area contributed by atoms with Crippen LogP contribution in [0.3, 0.4) is 0 Å². The molecule has 0 radical (unpaired) electrons.